The summed E-state index contributed by atoms with van der Waals surface area (Å²) in [5.74, 6) is 0.818. The Balaban J connectivity index is 1.21. The van der Waals surface area contributed by atoms with Crippen molar-refractivity contribution < 1.29 is 9.59 Å². The van der Waals surface area contributed by atoms with Crippen molar-refractivity contribution >= 4 is 17.8 Å². The Hall–Kier alpha value is -2.28. The summed E-state index contributed by atoms with van der Waals surface area (Å²) in [4.78, 5) is 39.6. The summed E-state index contributed by atoms with van der Waals surface area (Å²) >= 11 is 0. The van der Waals surface area contributed by atoms with Gasteiger partial charge < -0.3 is 4.90 Å². The number of hydrogen-bond acceptors (Lipinski definition) is 6. The molecule has 7 heteroatoms. The molecule has 0 radical (unpaired) electrons. The molecular formula is C21H29N5O2. The van der Waals surface area contributed by atoms with Crippen molar-refractivity contribution in [1.29, 1.82) is 0 Å². The second-order valence-corrected chi connectivity index (χ2v) is 8.27. The first kappa shape index (κ1) is 19.1. The number of imide groups is 1. The van der Waals surface area contributed by atoms with Crippen LogP contribution in [0.15, 0.2) is 30.6 Å². The number of likely N-dealkylation sites (tertiary alicyclic amines) is 1. The largest absolute Gasteiger partial charge is 0.338 e. The molecule has 28 heavy (non-hydrogen) atoms. The van der Waals surface area contributed by atoms with Gasteiger partial charge in [0, 0.05) is 64.5 Å². The van der Waals surface area contributed by atoms with Gasteiger partial charge in [-0.15, -0.1) is 0 Å². The van der Waals surface area contributed by atoms with Gasteiger partial charge in [-0.05, 0) is 24.3 Å². The first-order valence-electron chi connectivity index (χ1n) is 10.4. The van der Waals surface area contributed by atoms with Crippen molar-refractivity contribution in [3.63, 3.8) is 0 Å². The number of nitrogens with zero attached hydrogens (tertiary/aromatic N) is 5. The van der Waals surface area contributed by atoms with Crippen LogP contribution in [0.3, 0.4) is 0 Å². The summed E-state index contributed by atoms with van der Waals surface area (Å²) in [6.07, 6.45) is 13.1. The van der Waals surface area contributed by atoms with E-state index >= 15 is 0 Å². The van der Waals surface area contributed by atoms with Crippen molar-refractivity contribution in [2.75, 3.05) is 44.2 Å². The molecule has 2 saturated heterocycles. The molecule has 0 N–H and O–H groups in total. The second-order valence-electron chi connectivity index (χ2n) is 8.27. The first-order valence-corrected chi connectivity index (χ1v) is 10.4. The molecule has 150 valence electrons. The summed E-state index contributed by atoms with van der Waals surface area (Å²) in [5, 5.41) is 0. The molecule has 0 aromatic carbocycles. The molecule has 3 heterocycles. The number of carbonyl (C=O) groups is 2. The quantitative estimate of drug-likeness (QED) is 0.571. The zero-order valence-electron chi connectivity index (χ0n) is 16.4. The van der Waals surface area contributed by atoms with Gasteiger partial charge in [0.2, 0.25) is 17.8 Å². The highest BCUT2D eigenvalue weighted by Crippen LogP contribution is 2.46. The molecule has 3 aliphatic rings. The van der Waals surface area contributed by atoms with Crippen LogP contribution in [-0.2, 0) is 9.59 Å². The Morgan fingerprint density at radius 3 is 2.14 bits per heavy atom. The Labute approximate surface area is 166 Å². The zero-order chi connectivity index (χ0) is 19.4. The number of piperidine rings is 1. The van der Waals surface area contributed by atoms with E-state index in [2.05, 4.69) is 25.8 Å². The second kappa shape index (κ2) is 8.39. The van der Waals surface area contributed by atoms with Crippen LogP contribution in [0.25, 0.3) is 0 Å². The zero-order valence-corrected chi connectivity index (χ0v) is 16.4. The number of carbonyl (C=O) groups excluding carboxylic acids is 2. The van der Waals surface area contributed by atoms with Crippen LogP contribution in [0.5, 0.6) is 0 Å². The van der Waals surface area contributed by atoms with Crippen molar-refractivity contribution in [2.45, 2.75) is 38.5 Å². The highest BCUT2D eigenvalue weighted by molar-refractivity contribution is 5.98. The van der Waals surface area contributed by atoms with Crippen molar-refractivity contribution in [1.82, 2.24) is 19.8 Å². The highest BCUT2D eigenvalue weighted by Gasteiger charge is 2.44. The van der Waals surface area contributed by atoms with E-state index in [0.29, 0.717) is 19.4 Å². The predicted molar refractivity (Wildman–Crippen MR) is 107 cm³/mol. The fourth-order valence-electron chi connectivity index (χ4n) is 4.70. The van der Waals surface area contributed by atoms with Gasteiger partial charge >= 0.3 is 0 Å². The molecule has 1 aromatic heterocycles. The first-order chi connectivity index (χ1) is 13.7. The van der Waals surface area contributed by atoms with Gasteiger partial charge in [-0.25, -0.2) is 9.97 Å². The highest BCUT2D eigenvalue weighted by atomic mass is 16.2. The fourth-order valence-corrected chi connectivity index (χ4v) is 4.70. The summed E-state index contributed by atoms with van der Waals surface area (Å²) in [5.41, 5.74) is -0.0173. The van der Waals surface area contributed by atoms with Gasteiger partial charge in [0.15, 0.2) is 0 Å². The summed E-state index contributed by atoms with van der Waals surface area (Å²) in [6, 6.07) is 1.83. The van der Waals surface area contributed by atoms with Gasteiger partial charge in [-0.2, -0.15) is 0 Å². The number of aromatic nitrogens is 2. The molecule has 3 fully saturated rings. The third-order valence-corrected chi connectivity index (χ3v) is 6.34. The average Bonchev–Trinajstić information content (AvgIpc) is 3.15. The van der Waals surface area contributed by atoms with Crippen LogP contribution in [0.2, 0.25) is 0 Å². The van der Waals surface area contributed by atoms with E-state index in [9.17, 15) is 9.59 Å². The van der Waals surface area contributed by atoms with Crippen LogP contribution >= 0.6 is 0 Å². The third kappa shape index (κ3) is 4.24. The topological polar surface area (TPSA) is 69.6 Å². The maximum absolute atomic E-state index is 12.5. The maximum atomic E-state index is 12.5. The van der Waals surface area contributed by atoms with Gasteiger partial charge in [0.25, 0.3) is 0 Å². The standard InChI is InChI=1S/C21H29N5O2/c27-18-16-21(6-1-2-7-21)17-19(28)26(18)11-4-3-10-24-12-14-25(15-13-24)20-22-8-5-9-23-20/h3-5,8-9H,1-2,6-7,10-17H2. The molecule has 2 amide bonds. The lowest BCUT2D eigenvalue weighted by Gasteiger charge is -2.37. The lowest BCUT2D eigenvalue weighted by Crippen LogP contribution is -2.47. The van der Waals surface area contributed by atoms with Gasteiger partial charge in [0.05, 0.1) is 0 Å². The van der Waals surface area contributed by atoms with E-state index in [-0.39, 0.29) is 17.2 Å². The van der Waals surface area contributed by atoms with Crippen LogP contribution in [0, 0.1) is 5.41 Å². The van der Waals surface area contributed by atoms with Crippen LogP contribution in [0.1, 0.15) is 38.5 Å². The lowest BCUT2D eigenvalue weighted by molar-refractivity contribution is -0.152. The smallest absolute Gasteiger partial charge is 0.230 e. The molecular weight excluding hydrogens is 354 g/mol. The molecule has 1 aromatic rings. The normalized spacial score (nSPS) is 23.3. The van der Waals surface area contributed by atoms with Crippen molar-refractivity contribution in [3.05, 3.63) is 30.6 Å². The average molecular weight is 383 g/mol. The predicted octanol–water partition coefficient (Wildman–Crippen LogP) is 1.86. The van der Waals surface area contributed by atoms with E-state index in [0.717, 1.165) is 64.4 Å². The van der Waals surface area contributed by atoms with Crippen LogP contribution in [-0.4, -0.2) is 70.9 Å². The van der Waals surface area contributed by atoms with Gasteiger partial charge in [-0.1, -0.05) is 25.0 Å². The monoisotopic (exact) mass is 383 g/mol. The molecule has 1 spiro atoms. The van der Waals surface area contributed by atoms with E-state index < -0.39 is 0 Å². The number of hydrogen-bond donors (Lipinski definition) is 0. The number of rotatable bonds is 5. The minimum Gasteiger partial charge on any atom is -0.338 e. The molecule has 7 nitrogen and oxygen atoms in total. The maximum Gasteiger partial charge on any atom is 0.230 e. The molecule has 0 bridgehead atoms. The van der Waals surface area contributed by atoms with Crippen LogP contribution < -0.4 is 4.90 Å². The minimum absolute atomic E-state index is 0.0132. The van der Waals surface area contributed by atoms with E-state index in [1.807, 2.05) is 12.1 Å². The third-order valence-electron chi connectivity index (χ3n) is 6.34. The molecule has 0 unspecified atom stereocenters. The van der Waals surface area contributed by atoms with Crippen molar-refractivity contribution in [3.8, 4) is 0 Å². The number of amides is 2. The molecule has 2 aliphatic heterocycles. The molecule has 1 aliphatic carbocycles. The molecule has 0 atom stereocenters. The fraction of sp³-hybridized carbons (Fsp3) is 0.619. The molecule has 4 rings (SSSR count). The Morgan fingerprint density at radius 1 is 0.893 bits per heavy atom. The minimum atomic E-state index is -0.0173. The summed E-state index contributed by atoms with van der Waals surface area (Å²) in [7, 11) is 0. The summed E-state index contributed by atoms with van der Waals surface area (Å²) in [6.45, 7) is 4.96. The number of anilines is 1. The van der Waals surface area contributed by atoms with E-state index in [4.69, 9.17) is 0 Å². The number of piperazine rings is 1. The molecule has 1 saturated carbocycles. The SMILES string of the molecule is O=C1CC2(CCCC2)CC(=O)N1CC=CCN1CCN(c2ncccn2)CC1. The Kier molecular flexibility index (Phi) is 5.71. The van der Waals surface area contributed by atoms with E-state index in [1.165, 1.54) is 4.90 Å². The Morgan fingerprint density at radius 2 is 1.50 bits per heavy atom. The summed E-state index contributed by atoms with van der Waals surface area (Å²) < 4.78 is 0. The van der Waals surface area contributed by atoms with Crippen LogP contribution in [0.4, 0.5) is 5.95 Å². The van der Waals surface area contributed by atoms with Crippen molar-refractivity contribution in [2.24, 2.45) is 5.41 Å². The lowest BCUT2D eigenvalue weighted by atomic mass is 9.76. The Bertz CT molecular complexity index is 702. The van der Waals surface area contributed by atoms with Gasteiger partial charge in [0.1, 0.15) is 0 Å². The van der Waals surface area contributed by atoms with Gasteiger partial charge in [-0.3, -0.25) is 19.4 Å². The van der Waals surface area contributed by atoms with E-state index in [1.54, 1.807) is 12.4 Å².